The molecule has 0 spiro atoms. The van der Waals surface area contributed by atoms with Crippen molar-refractivity contribution in [3.05, 3.63) is 58.0 Å². The summed E-state index contributed by atoms with van der Waals surface area (Å²) >= 11 is 3.27. The van der Waals surface area contributed by atoms with Crippen LogP contribution in [0.2, 0.25) is 0 Å². The van der Waals surface area contributed by atoms with Crippen molar-refractivity contribution >= 4 is 15.9 Å². The number of benzene rings is 1. The highest BCUT2D eigenvalue weighted by Crippen LogP contribution is 2.18. The van der Waals surface area contributed by atoms with E-state index in [1.807, 2.05) is 0 Å². The summed E-state index contributed by atoms with van der Waals surface area (Å²) in [6.07, 6.45) is 0. The number of ether oxygens (including phenoxy) is 1. The molecule has 0 aliphatic rings. The molecule has 1 aromatic carbocycles. The van der Waals surface area contributed by atoms with Gasteiger partial charge < -0.3 is 4.74 Å². The van der Waals surface area contributed by atoms with E-state index in [1.165, 1.54) is 0 Å². The minimum Gasteiger partial charge on any atom is -0.471 e. The number of aromatic nitrogens is 1. The van der Waals surface area contributed by atoms with Gasteiger partial charge in [0, 0.05) is 10.5 Å². The Morgan fingerprint density at radius 3 is 2.39 bits per heavy atom. The van der Waals surface area contributed by atoms with Gasteiger partial charge in [-0.1, -0.05) is 28.1 Å². The van der Waals surface area contributed by atoms with Crippen LogP contribution in [0.3, 0.4) is 0 Å². The van der Waals surface area contributed by atoms with Crippen molar-refractivity contribution in [1.29, 1.82) is 0 Å². The predicted octanol–water partition coefficient (Wildman–Crippen LogP) is 3.84. The van der Waals surface area contributed by atoms with Crippen molar-refractivity contribution in [2.75, 3.05) is 0 Å². The van der Waals surface area contributed by atoms with Gasteiger partial charge in [0.15, 0.2) is 11.6 Å². The van der Waals surface area contributed by atoms with E-state index in [0.29, 0.717) is 6.07 Å². The largest absolute Gasteiger partial charge is 0.471 e. The van der Waals surface area contributed by atoms with Gasteiger partial charge in [0.1, 0.15) is 6.61 Å². The van der Waals surface area contributed by atoms with Gasteiger partial charge in [0.2, 0.25) is 0 Å². The minimum absolute atomic E-state index is 0.0161. The maximum Gasteiger partial charge on any atom is 0.253 e. The van der Waals surface area contributed by atoms with Gasteiger partial charge in [-0.2, -0.15) is 9.37 Å². The summed E-state index contributed by atoms with van der Waals surface area (Å²) in [6, 6.07) is 7.48. The molecule has 0 aliphatic heterocycles. The summed E-state index contributed by atoms with van der Waals surface area (Å²) in [5.74, 6) is -4.33. The molecular weight excluding hydrogens is 311 g/mol. The van der Waals surface area contributed by atoms with Gasteiger partial charge in [0.25, 0.3) is 11.8 Å². The third-order valence-electron chi connectivity index (χ3n) is 2.14. The minimum atomic E-state index is -1.39. The number of hydrogen-bond acceptors (Lipinski definition) is 2. The van der Waals surface area contributed by atoms with Gasteiger partial charge >= 0.3 is 0 Å². The predicted molar refractivity (Wildman–Crippen MR) is 62.6 cm³/mol. The molecule has 1 heterocycles. The van der Waals surface area contributed by atoms with Crippen LogP contribution in [0.25, 0.3) is 0 Å². The number of rotatable bonds is 3. The lowest BCUT2D eigenvalue weighted by molar-refractivity contribution is 0.268. The van der Waals surface area contributed by atoms with E-state index in [9.17, 15) is 13.2 Å². The lowest BCUT2D eigenvalue weighted by atomic mass is 10.2. The second kappa shape index (κ2) is 5.39. The Morgan fingerprint density at radius 2 is 1.72 bits per heavy atom. The quantitative estimate of drug-likeness (QED) is 0.802. The van der Waals surface area contributed by atoms with Gasteiger partial charge in [-0.25, -0.2) is 8.78 Å². The summed E-state index contributed by atoms with van der Waals surface area (Å²) < 4.78 is 44.5. The van der Waals surface area contributed by atoms with E-state index in [1.54, 1.807) is 24.3 Å². The SMILES string of the molecule is Fc1cc(F)c(OCc2ccc(Br)cc2)nc1F. The Balaban J connectivity index is 2.10. The Labute approximate surface area is 110 Å². The van der Waals surface area contributed by atoms with Crippen LogP contribution in [0.4, 0.5) is 13.2 Å². The Kier molecular flexibility index (Phi) is 3.86. The lowest BCUT2D eigenvalue weighted by Crippen LogP contribution is -2.02. The average molecular weight is 318 g/mol. The van der Waals surface area contributed by atoms with E-state index < -0.39 is 23.5 Å². The molecule has 6 heteroatoms. The van der Waals surface area contributed by atoms with Gasteiger partial charge in [-0.3, -0.25) is 0 Å². The molecule has 0 aliphatic carbocycles. The third-order valence-corrected chi connectivity index (χ3v) is 2.67. The Hall–Kier alpha value is -1.56. The number of halogens is 4. The molecule has 0 saturated carbocycles. The Bertz CT molecular complexity index is 560. The van der Waals surface area contributed by atoms with Crippen molar-refractivity contribution in [3.63, 3.8) is 0 Å². The molecule has 2 aromatic rings. The first-order chi connectivity index (χ1) is 8.56. The first-order valence-corrected chi connectivity index (χ1v) is 5.74. The second-order valence-electron chi connectivity index (χ2n) is 3.46. The lowest BCUT2D eigenvalue weighted by Gasteiger charge is -2.06. The fraction of sp³-hybridized carbons (Fsp3) is 0.0833. The van der Waals surface area contributed by atoms with Crippen LogP contribution in [-0.4, -0.2) is 4.98 Å². The highest BCUT2D eigenvalue weighted by atomic mass is 79.9. The van der Waals surface area contributed by atoms with Crippen LogP contribution in [0, 0.1) is 17.6 Å². The maximum atomic E-state index is 13.2. The number of nitrogens with zero attached hydrogens (tertiary/aromatic N) is 1. The molecule has 0 atom stereocenters. The van der Waals surface area contributed by atoms with Crippen LogP contribution in [0.1, 0.15) is 5.56 Å². The fourth-order valence-corrected chi connectivity index (χ4v) is 1.53. The average Bonchev–Trinajstić information content (AvgIpc) is 2.34. The van der Waals surface area contributed by atoms with E-state index in [0.717, 1.165) is 10.0 Å². The molecule has 0 unspecified atom stereocenters. The molecule has 18 heavy (non-hydrogen) atoms. The molecule has 2 nitrogen and oxygen atoms in total. The molecule has 94 valence electrons. The van der Waals surface area contributed by atoms with Gasteiger partial charge in [-0.15, -0.1) is 0 Å². The van der Waals surface area contributed by atoms with E-state index in [-0.39, 0.29) is 6.61 Å². The molecule has 1 aromatic heterocycles. The molecule has 0 N–H and O–H groups in total. The summed E-state index contributed by atoms with van der Waals surface area (Å²) in [6.45, 7) is 0.0161. The van der Waals surface area contributed by atoms with Gasteiger partial charge in [0.05, 0.1) is 0 Å². The number of hydrogen-bond donors (Lipinski definition) is 0. The molecule has 2 rings (SSSR count). The zero-order valence-corrected chi connectivity index (χ0v) is 10.5. The molecule has 0 bridgehead atoms. The van der Waals surface area contributed by atoms with Crippen molar-refractivity contribution in [2.24, 2.45) is 0 Å². The maximum absolute atomic E-state index is 13.2. The molecule has 0 fully saturated rings. The third kappa shape index (κ3) is 3.01. The molecule has 0 saturated heterocycles. The number of pyridine rings is 1. The fourth-order valence-electron chi connectivity index (χ4n) is 1.26. The molecular formula is C12H7BrF3NO. The van der Waals surface area contributed by atoms with Crippen molar-refractivity contribution in [3.8, 4) is 5.88 Å². The van der Waals surface area contributed by atoms with Crippen LogP contribution in [0.5, 0.6) is 5.88 Å². The van der Waals surface area contributed by atoms with Gasteiger partial charge in [-0.05, 0) is 17.7 Å². The van der Waals surface area contributed by atoms with Crippen LogP contribution in [0.15, 0.2) is 34.8 Å². The van der Waals surface area contributed by atoms with Crippen LogP contribution in [-0.2, 0) is 6.61 Å². The monoisotopic (exact) mass is 317 g/mol. The first-order valence-electron chi connectivity index (χ1n) is 4.95. The Morgan fingerprint density at radius 1 is 1.06 bits per heavy atom. The van der Waals surface area contributed by atoms with Crippen molar-refractivity contribution in [1.82, 2.24) is 4.98 Å². The first kappa shape index (κ1) is 12.9. The second-order valence-corrected chi connectivity index (χ2v) is 4.38. The van der Waals surface area contributed by atoms with Crippen molar-refractivity contribution in [2.45, 2.75) is 6.61 Å². The highest BCUT2D eigenvalue weighted by Gasteiger charge is 2.12. The highest BCUT2D eigenvalue weighted by molar-refractivity contribution is 9.10. The summed E-state index contributed by atoms with van der Waals surface area (Å²) in [5, 5.41) is 0. The topological polar surface area (TPSA) is 22.1 Å². The zero-order valence-electron chi connectivity index (χ0n) is 8.96. The molecule has 0 amide bonds. The van der Waals surface area contributed by atoms with Crippen LogP contribution >= 0.6 is 15.9 Å². The van der Waals surface area contributed by atoms with Crippen LogP contribution < -0.4 is 4.74 Å². The normalized spacial score (nSPS) is 10.4. The van der Waals surface area contributed by atoms with E-state index in [2.05, 4.69) is 20.9 Å². The summed E-state index contributed by atoms with van der Waals surface area (Å²) in [4.78, 5) is 3.06. The smallest absolute Gasteiger partial charge is 0.253 e. The van der Waals surface area contributed by atoms with Crippen molar-refractivity contribution < 1.29 is 17.9 Å². The standard InChI is InChI=1S/C12H7BrF3NO/c13-8-3-1-7(2-4-8)6-18-12-10(15)5-9(14)11(16)17-12/h1-5H,6H2. The summed E-state index contributed by atoms with van der Waals surface area (Å²) in [5.41, 5.74) is 0.754. The van der Waals surface area contributed by atoms with E-state index in [4.69, 9.17) is 4.74 Å². The zero-order chi connectivity index (χ0) is 13.1. The van der Waals surface area contributed by atoms with E-state index >= 15 is 0 Å². The summed E-state index contributed by atoms with van der Waals surface area (Å²) in [7, 11) is 0. The molecule has 0 radical (unpaired) electrons.